The second-order valence-electron chi connectivity index (χ2n) is 7.70. The Morgan fingerprint density at radius 1 is 1.03 bits per heavy atom. The molecule has 0 atom stereocenters. The minimum Gasteiger partial charge on any atom is -0.495 e. The molecule has 4 aromatic rings. The van der Waals surface area contributed by atoms with Crippen LogP contribution in [0.25, 0.3) is 21.5 Å². The number of rotatable bonds is 9. The molecule has 2 aromatic carbocycles. The van der Waals surface area contributed by atoms with Gasteiger partial charge in [-0.05, 0) is 39.2 Å². The van der Waals surface area contributed by atoms with Crippen LogP contribution in [0.3, 0.4) is 0 Å². The molecule has 0 N–H and O–H groups in total. The van der Waals surface area contributed by atoms with Crippen LogP contribution >= 0.6 is 23.7 Å². The Morgan fingerprint density at radius 2 is 1.74 bits per heavy atom. The van der Waals surface area contributed by atoms with Gasteiger partial charge < -0.3 is 18.9 Å². The van der Waals surface area contributed by atoms with Gasteiger partial charge in [-0.1, -0.05) is 46.8 Å². The van der Waals surface area contributed by atoms with Crippen molar-refractivity contribution in [3.63, 3.8) is 0 Å². The first-order chi connectivity index (χ1) is 16.0. The lowest BCUT2D eigenvalue weighted by Gasteiger charge is -2.19. The number of fused-ring (bicyclic) bond motifs is 1. The van der Waals surface area contributed by atoms with E-state index in [-0.39, 0.29) is 24.0 Å². The zero-order chi connectivity index (χ0) is 23.4. The summed E-state index contributed by atoms with van der Waals surface area (Å²) in [6, 6.07) is 14.9. The van der Waals surface area contributed by atoms with Gasteiger partial charge in [0.1, 0.15) is 21.7 Å². The first-order valence-electron chi connectivity index (χ1n) is 10.5. The van der Waals surface area contributed by atoms with E-state index in [1.54, 1.807) is 25.2 Å². The molecule has 8 nitrogen and oxygen atoms in total. The molecule has 0 fully saturated rings. The van der Waals surface area contributed by atoms with Crippen molar-refractivity contribution >= 4 is 45.0 Å². The Hall–Kier alpha value is -3.14. The van der Waals surface area contributed by atoms with Gasteiger partial charge in [0.25, 0.3) is 5.91 Å². The molecule has 0 aliphatic carbocycles. The van der Waals surface area contributed by atoms with Crippen molar-refractivity contribution in [2.45, 2.75) is 6.42 Å². The van der Waals surface area contributed by atoms with E-state index in [9.17, 15) is 4.79 Å². The summed E-state index contributed by atoms with van der Waals surface area (Å²) >= 11 is 1.39. The van der Waals surface area contributed by atoms with Crippen molar-refractivity contribution in [3.8, 4) is 22.8 Å². The number of amides is 1. The highest BCUT2D eigenvalue weighted by atomic mass is 35.5. The molecular formula is C24H27ClN4O4S. The Bertz CT molecular complexity index is 1200. The van der Waals surface area contributed by atoms with E-state index in [0.29, 0.717) is 34.5 Å². The van der Waals surface area contributed by atoms with Gasteiger partial charge in [0.15, 0.2) is 16.6 Å². The number of anilines is 1. The molecule has 0 radical (unpaired) electrons. The van der Waals surface area contributed by atoms with Crippen molar-refractivity contribution in [3.05, 3.63) is 54.2 Å². The van der Waals surface area contributed by atoms with E-state index in [4.69, 9.17) is 19.0 Å². The van der Waals surface area contributed by atoms with Gasteiger partial charge in [0.05, 0.1) is 14.2 Å². The highest BCUT2D eigenvalue weighted by Gasteiger charge is 2.26. The Morgan fingerprint density at radius 3 is 2.41 bits per heavy atom. The summed E-state index contributed by atoms with van der Waals surface area (Å²) in [7, 11) is 7.22. The Balaban J connectivity index is 0.00000324. The van der Waals surface area contributed by atoms with Gasteiger partial charge in [-0.2, -0.15) is 0 Å². The van der Waals surface area contributed by atoms with Crippen LogP contribution in [-0.2, 0) is 0 Å². The zero-order valence-electron chi connectivity index (χ0n) is 19.5. The zero-order valence-corrected chi connectivity index (χ0v) is 21.1. The first kappa shape index (κ1) is 25.5. The number of aromatic nitrogens is 2. The standard InChI is InChI=1S/C24H26N4O4S.ClH/c1-27(2)13-8-14-28(23(29)17-15-20(32-26-17)16-9-6-5-7-10-16)24-25-21-18(30-3)11-12-19(31-4)22(21)33-24;/h5-7,9-12,15H,8,13-14H2,1-4H3;1H. The highest BCUT2D eigenvalue weighted by molar-refractivity contribution is 7.22. The third kappa shape index (κ3) is 5.32. The average Bonchev–Trinajstić information content (AvgIpc) is 3.49. The maximum absolute atomic E-state index is 13.5. The maximum atomic E-state index is 13.5. The summed E-state index contributed by atoms with van der Waals surface area (Å²) in [6.45, 7) is 1.31. The van der Waals surface area contributed by atoms with Gasteiger partial charge in [-0.25, -0.2) is 4.98 Å². The quantitative estimate of drug-likeness (QED) is 0.319. The fourth-order valence-corrected chi connectivity index (χ4v) is 4.57. The van der Waals surface area contributed by atoms with E-state index < -0.39 is 0 Å². The normalized spacial score (nSPS) is 10.9. The molecule has 0 bridgehead atoms. The monoisotopic (exact) mass is 502 g/mol. The molecule has 2 aromatic heterocycles. The lowest BCUT2D eigenvalue weighted by molar-refractivity contribution is 0.0977. The summed E-state index contributed by atoms with van der Waals surface area (Å²) in [5.41, 5.74) is 1.75. The molecule has 0 unspecified atom stereocenters. The molecule has 0 spiro atoms. The summed E-state index contributed by atoms with van der Waals surface area (Å²) < 4.78 is 17.3. The molecule has 4 rings (SSSR count). The van der Waals surface area contributed by atoms with E-state index in [1.165, 1.54) is 11.3 Å². The summed E-state index contributed by atoms with van der Waals surface area (Å²) in [5.74, 6) is 1.58. The molecule has 0 saturated carbocycles. The molecular weight excluding hydrogens is 476 g/mol. The first-order valence-corrected chi connectivity index (χ1v) is 11.3. The van der Waals surface area contributed by atoms with E-state index in [2.05, 4.69) is 10.1 Å². The summed E-state index contributed by atoms with van der Waals surface area (Å²) in [6.07, 6.45) is 0.770. The topological polar surface area (TPSA) is 80.9 Å². The average molecular weight is 503 g/mol. The van der Waals surface area contributed by atoms with Crippen molar-refractivity contribution in [2.75, 3.05) is 46.3 Å². The smallest absolute Gasteiger partial charge is 0.282 e. The van der Waals surface area contributed by atoms with Gasteiger partial charge in [0.2, 0.25) is 0 Å². The molecule has 34 heavy (non-hydrogen) atoms. The number of thiazole rings is 1. The summed E-state index contributed by atoms with van der Waals surface area (Å²) in [4.78, 5) is 22.0. The number of hydrogen-bond acceptors (Lipinski definition) is 8. The second kappa shape index (κ2) is 11.3. The van der Waals surface area contributed by atoms with Gasteiger partial charge in [0, 0.05) is 18.2 Å². The number of carbonyl (C=O) groups excluding carboxylic acids is 1. The van der Waals surface area contributed by atoms with E-state index in [1.807, 2.05) is 56.6 Å². The number of benzene rings is 2. The minimum absolute atomic E-state index is 0. The van der Waals surface area contributed by atoms with Gasteiger partial charge >= 0.3 is 0 Å². The Labute approximate surface area is 208 Å². The third-order valence-corrected chi connectivity index (χ3v) is 6.24. The van der Waals surface area contributed by atoms with Crippen LogP contribution in [-0.4, -0.2) is 62.4 Å². The van der Waals surface area contributed by atoms with Gasteiger partial charge in [-0.3, -0.25) is 9.69 Å². The number of carbonyl (C=O) groups is 1. The van der Waals surface area contributed by atoms with Crippen LogP contribution in [0.2, 0.25) is 0 Å². The number of methoxy groups -OCH3 is 2. The number of hydrogen-bond donors (Lipinski definition) is 0. The maximum Gasteiger partial charge on any atom is 0.282 e. The largest absolute Gasteiger partial charge is 0.495 e. The molecule has 0 saturated heterocycles. The van der Waals surface area contributed by atoms with Crippen LogP contribution in [0.1, 0.15) is 16.9 Å². The van der Waals surface area contributed by atoms with Crippen LogP contribution < -0.4 is 14.4 Å². The van der Waals surface area contributed by atoms with Crippen molar-refractivity contribution in [2.24, 2.45) is 0 Å². The van der Waals surface area contributed by atoms with Crippen molar-refractivity contribution in [1.29, 1.82) is 0 Å². The van der Waals surface area contributed by atoms with E-state index in [0.717, 1.165) is 23.2 Å². The molecule has 0 aliphatic rings. The number of halogens is 1. The molecule has 1 amide bonds. The van der Waals surface area contributed by atoms with E-state index >= 15 is 0 Å². The minimum atomic E-state index is -0.267. The van der Waals surface area contributed by atoms with Crippen LogP contribution in [0.5, 0.6) is 11.5 Å². The Kier molecular flexibility index (Phi) is 8.49. The predicted molar refractivity (Wildman–Crippen MR) is 137 cm³/mol. The molecule has 2 heterocycles. The SMILES string of the molecule is COc1ccc(OC)c2sc(N(CCCN(C)C)C(=O)c3cc(-c4ccccc4)on3)nc12.Cl. The van der Waals surface area contributed by atoms with Crippen molar-refractivity contribution in [1.82, 2.24) is 15.0 Å². The highest BCUT2D eigenvalue weighted by Crippen LogP contribution is 2.40. The second-order valence-corrected chi connectivity index (χ2v) is 8.68. The fourth-order valence-electron chi connectivity index (χ4n) is 3.47. The fraction of sp³-hybridized carbons (Fsp3) is 0.292. The summed E-state index contributed by atoms with van der Waals surface area (Å²) in [5, 5.41) is 4.61. The number of ether oxygens (including phenoxy) is 2. The van der Waals surface area contributed by atoms with Crippen LogP contribution in [0.15, 0.2) is 53.1 Å². The van der Waals surface area contributed by atoms with Crippen LogP contribution in [0.4, 0.5) is 5.13 Å². The van der Waals surface area contributed by atoms with Crippen molar-refractivity contribution < 1.29 is 18.8 Å². The molecule has 0 aliphatic heterocycles. The third-order valence-electron chi connectivity index (χ3n) is 5.15. The van der Waals surface area contributed by atoms with Gasteiger partial charge in [-0.15, -0.1) is 12.4 Å². The number of nitrogens with zero attached hydrogens (tertiary/aromatic N) is 4. The predicted octanol–water partition coefficient (Wildman–Crippen LogP) is 4.99. The lowest BCUT2D eigenvalue weighted by Crippen LogP contribution is -2.33. The molecule has 180 valence electrons. The van der Waals surface area contributed by atoms with Crippen LogP contribution in [0, 0.1) is 0 Å². The molecule has 10 heteroatoms. The lowest BCUT2D eigenvalue weighted by atomic mass is 10.1.